The van der Waals surface area contributed by atoms with Crippen molar-refractivity contribution in [1.29, 1.82) is 0 Å². The second kappa shape index (κ2) is 8.03. The zero-order valence-corrected chi connectivity index (χ0v) is 14.7. The summed E-state index contributed by atoms with van der Waals surface area (Å²) in [5.41, 5.74) is 5.03. The fourth-order valence-corrected chi connectivity index (χ4v) is 2.93. The fraction of sp³-hybridized carbons (Fsp3) is 0.300. The highest BCUT2D eigenvalue weighted by Gasteiger charge is 2.16. The Bertz CT molecular complexity index is 794. The molecule has 0 aliphatic heterocycles. The Kier molecular flexibility index (Phi) is 5.56. The maximum absolute atomic E-state index is 13.3. The Morgan fingerprint density at radius 1 is 0.960 bits per heavy atom. The lowest BCUT2D eigenvalue weighted by Crippen LogP contribution is -2.12. The van der Waals surface area contributed by atoms with E-state index in [1.807, 2.05) is 12.1 Å². The van der Waals surface area contributed by atoms with Gasteiger partial charge in [0.2, 0.25) is 0 Å². The highest BCUT2D eigenvalue weighted by molar-refractivity contribution is 5.82. The smallest absolute Gasteiger partial charge is 0.123 e. The predicted molar refractivity (Wildman–Crippen MR) is 98.7 cm³/mol. The van der Waals surface area contributed by atoms with Crippen molar-refractivity contribution in [3.8, 4) is 22.4 Å². The first-order valence-electron chi connectivity index (χ1n) is 8.53. The molecule has 0 spiro atoms. The van der Waals surface area contributed by atoms with Crippen molar-refractivity contribution in [1.82, 2.24) is 20.1 Å². The second-order valence-electron chi connectivity index (χ2n) is 6.43. The second-order valence-corrected chi connectivity index (χ2v) is 6.43. The molecule has 0 aliphatic carbocycles. The van der Waals surface area contributed by atoms with Crippen molar-refractivity contribution in [2.75, 3.05) is 20.6 Å². The number of benzene rings is 1. The fourth-order valence-electron chi connectivity index (χ4n) is 2.93. The molecule has 25 heavy (non-hydrogen) atoms. The molecule has 4 nitrogen and oxygen atoms in total. The topological polar surface area (TPSA) is 44.8 Å². The van der Waals surface area contributed by atoms with E-state index in [1.54, 1.807) is 24.5 Å². The minimum atomic E-state index is -0.242. The van der Waals surface area contributed by atoms with E-state index in [0.29, 0.717) is 0 Å². The van der Waals surface area contributed by atoms with E-state index in [1.165, 1.54) is 12.1 Å². The standard InChI is InChI=1S/C20H23FN4/c1-25(2)14-4-3-5-18-19(15-10-12-22-13-11-15)20(24-23-18)16-6-8-17(21)9-7-16/h6-13H,3-5,14H2,1-2H3,(H,23,24). The summed E-state index contributed by atoms with van der Waals surface area (Å²) < 4.78 is 13.3. The molecule has 0 amide bonds. The van der Waals surface area contributed by atoms with Gasteiger partial charge in [-0.2, -0.15) is 5.10 Å². The lowest BCUT2D eigenvalue weighted by molar-refractivity contribution is 0.394. The summed E-state index contributed by atoms with van der Waals surface area (Å²) >= 11 is 0. The van der Waals surface area contributed by atoms with Gasteiger partial charge in [-0.3, -0.25) is 10.1 Å². The number of unbranched alkanes of at least 4 members (excludes halogenated alkanes) is 1. The van der Waals surface area contributed by atoms with Crippen LogP contribution in [0.3, 0.4) is 0 Å². The summed E-state index contributed by atoms with van der Waals surface area (Å²) in [6, 6.07) is 10.5. The minimum Gasteiger partial charge on any atom is -0.309 e. The van der Waals surface area contributed by atoms with Crippen LogP contribution in [0, 0.1) is 5.82 Å². The predicted octanol–water partition coefficient (Wildman–Crippen LogP) is 4.16. The summed E-state index contributed by atoms with van der Waals surface area (Å²) in [6.45, 7) is 1.07. The maximum Gasteiger partial charge on any atom is 0.123 e. The molecule has 2 heterocycles. The van der Waals surface area contributed by atoms with E-state index in [-0.39, 0.29) is 5.82 Å². The van der Waals surface area contributed by atoms with Crippen molar-refractivity contribution >= 4 is 0 Å². The van der Waals surface area contributed by atoms with E-state index >= 15 is 0 Å². The third-order valence-corrected chi connectivity index (χ3v) is 4.21. The number of halogens is 1. The molecule has 0 fully saturated rings. The Morgan fingerprint density at radius 3 is 2.36 bits per heavy atom. The van der Waals surface area contributed by atoms with E-state index in [2.05, 4.69) is 34.2 Å². The Morgan fingerprint density at radius 2 is 1.68 bits per heavy atom. The van der Waals surface area contributed by atoms with E-state index in [4.69, 9.17) is 0 Å². The highest BCUT2D eigenvalue weighted by atomic mass is 19.1. The lowest BCUT2D eigenvalue weighted by atomic mass is 9.97. The van der Waals surface area contributed by atoms with Gasteiger partial charge in [0.25, 0.3) is 0 Å². The van der Waals surface area contributed by atoms with Crippen molar-refractivity contribution in [3.63, 3.8) is 0 Å². The molecule has 0 bridgehead atoms. The molecule has 130 valence electrons. The molecule has 0 radical (unpaired) electrons. The van der Waals surface area contributed by atoms with Gasteiger partial charge in [-0.1, -0.05) is 0 Å². The number of aryl methyl sites for hydroxylation is 1. The molecule has 2 aromatic heterocycles. The van der Waals surface area contributed by atoms with Crippen molar-refractivity contribution in [2.24, 2.45) is 0 Å². The first kappa shape index (κ1) is 17.3. The lowest BCUT2D eigenvalue weighted by Gasteiger charge is -2.09. The van der Waals surface area contributed by atoms with Crippen LogP contribution in [0.4, 0.5) is 4.39 Å². The molecule has 0 aliphatic rings. The molecule has 1 N–H and O–H groups in total. The molecule has 3 rings (SSSR count). The van der Waals surface area contributed by atoms with E-state index < -0.39 is 0 Å². The van der Waals surface area contributed by atoms with E-state index in [9.17, 15) is 4.39 Å². The number of hydrogen-bond donors (Lipinski definition) is 1. The number of nitrogens with zero attached hydrogens (tertiary/aromatic N) is 3. The van der Waals surface area contributed by atoms with Gasteiger partial charge in [-0.25, -0.2) is 4.39 Å². The normalized spacial score (nSPS) is 11.2. The summed E-state index contributed by atoms with van der Waals surface area (Å²) in [5.74, 6) is -0.242. The van der Waals surface area contributed by atoms with Crippen LogP contribution < -0.4 is 0 Å². The Balaban J connectivity index is 1.92. The van der Waals surface area contributed by atoms with Gasteiger partial charge in [0.1, 0.15) is 11.5 Å². The minimum absolute atomic E-state index is 0.242. The SMILES string of the molecule is CN(C)CCCCc1[nH]nc(-c2ccc(F)cc2)c1-c1ccncc1. The van der Waals surface area contributed by atoms with Gasteiger partial charge in [0.15, 0.2) is 0 Å². The number of nitrogens with one attached hydrogen (secondary N) is 1. The first-order valence-corrected chi connectivity index (χ1v) is 8.53. The van der Waals surface area contributed by atoms with Gasteiger partial charge in [0.05, 0.1) is 0 Å². The number of hydrogen-bond acceptors (Lipinski definition) is 3. The number of H-pyrrole nitrogens is 1. The van der Waals surface area contributed by atoms with Gasteiger partial charge in [-0.05, 0) is 81.9 Å². The van der Waals surface area contributed by atoms with Gasteiger partial charge >= 0.3 is 0 Å². The average molecular weight is 338 g/mol. The van der Waals surface area contributed by atoms with Crippen LogP contribution in [0.15, 0.2) is 48.8 Å². The summed E-state index contributed by atoms with van der Waals surface area (Å²) in [6.07, 6.45) is 6.72. The van der Waals surface area contributed by atoms with Crippen LogP contribution in [0.5, 0.6) is 0 Å². The van der Waals surface area contributed by atoms with Crippen LogP contribution in [0.2, 0.25) is 0 Å². The third kappa shape index (κ3) is 4.31. The highest BCUT2D eigenvalue weighted by Crippen LogP contribution is 2.33. The van der Waals surface area contributed by atoms with Crippen LogP contribution in [0.1, 0.15) is 18.5 Å². The zero-order valence-electron chi connectivity index (χ0n) is 14.7. The molecule has 0 atom stereocenters. The van der Waals surface area contributed by atoms with Crippen LogP contribution in [-0.2, 0) is 6.42 Å². The summed E-state index contributed by atoms with van der Waals surface area (Å²) in [5, 5.41) is 7.72. The Labute approximate surface area is 147 Å². The molecular weight excluding hydrogens is 315 g/mol. The van der Waals surface area contributed by atoms with Crippen molar-refractivity contribution in [2.45, 2.75) is 19.3 Å². The van der Waals surface area contributed by atoms with Crippen LogP contribution in [0.25, 0.3) is 22.4 Å². The third-order valence-electron chi connectivity index (χ3n) is 4.21. The van der Waals surface area contributed by atoms with Crippen LogP contribution >= 0.6 is 0 Å². The quantitative estimate of drug-likeness (QED) is 0.658. The first-order chi connectivity index (χ1) is 12.1. The zero-order chi connectivity index (χ0) is 17.6. The molecule has 0 saturated heterocycles. The van der Waals surface area contributed by atoms with Crippen molar-refractivity contribution < 1.29 is 4.39 Å². The molecule has 3 aromatic rings. The summed E-state index contributed by atoms with van der Waals surface area (Å²) in [7, 11) is 4.18. The largest absolute Gasteiger partial charge is 0.309 e. The molecule has 0 unspecified atom stereocenters. The molecule has 1 aromatic carbocycles. The average Bonchev–Trinajstić information content (AvgIpc) is 3.04. The number of pyridine rings is 1. The van der Waals surface area contributed by atoms with Crippen LogP contribution in [-0.4, -0.2) is 40.7 Å². The maximum atomic E-state index is 13.3. The monoisotopic (exact) mass is 338 g/mol. The Hall–Kier alpha value is -2.53. The van der Waals surface area contributed by atoms with E-state index in [0.717, 1.165) is 53.9 Å². The number of aromatic amines is 1. The molecule has 5 heteroatoms. The number of aromatic nitrogens is 3. The molecule has 0 saturated carbocycles. The van der Waals surface area contributed by atoms with Gasteiger partial charge < -0.3 is 4.90 Å². The van der Waals surface area contributed by atoms with Crippen molar-refractivity contribution in [3.05, 3.63) is 60.3 Å². The summed E-state index contributed by atoms with van der Waals surface area (Å²) in [4.78, 5) is 6.30. The van der Waals surface area contributed by atoms with Gasteiger partial charge in [0, 0.05) is 29.2 Å². The number of rotatable bonds is 7. The van der Waals surface area contributed by atoms with Gasteiger partial charge in [-0.15, -0.1) is 0 Å². The molecular formula is C20H23FN4.